The van der Waals surface area contributed by atoms with E-state index in [9.17, 15) is 0 Å². The lowest BCUT2D eigenvalue weighted by atomic mass is 10.3. The summed E-state index contributed by atoms with van der Waals surface area (Å²) in [6.45, 7) is 2.61. The highest BCUT2D eigenvalue weighted by atomic mass is 16.5. The van der Waals surface area contributed by atoms with Crippen LogP contribution in [0.3, 0.4) is 0 Å². The highest BCUT2D eigenvalue weighted by Crippen LogP contribution is 2.14. The Hall–Kier alpha value is -2.04. The summed E-state index contributed by atoms with van der Waals surface area (Å²) in [5.41, 5.74) is 6.33. The maximum Gasteiger partial charge on any atom is 0.239 e. The fraction of sp³-hybridized carbons (Fsp3) is 0.200. The first-order chi connectivity index (χ1) is 7.29. The van der Waals surface area contributed by atoms with Crippen molar-refractivity contribution in [2.45, 2.75) is 6.92 Å². The van der Waals surface area contributed by atoms with E-state index < -0.39 is 0 Å². The van der Waals surface area contributed by atoms with Crippen LogP contribution in [0.15, 0.2) is 30.6 Å². The zero-order valence-electron chi connectivity index (χ0n) is 8.42. The molecule has 5 heteroatoms. The zero-order valence-corrected chi connectivity index (χ0v) is 8.42. The van der Waals surface area contributed by atoms with Crippen molar-refractivity contribution in [3.63, 3.8) is 0 Å². The number of rotatable bonds is 3. The second-order valence-electron chi connectivity index (χ2n) is 2.97. The molecule has 0 atom stereocenters. The molecule has 2 aromatic rings. The SMILES string of the molecule is CCOc1ccc(-n2cnc(N)n2)cc1. The van der Waals surface area contributed by atoms with Gasteiger partial charge in [0, 0.05) is 0 Å². The van der Waals surface area contributed by atoms with E-state index in [-0.39, 0.29) is 5.95 Å². The number of anilines is 1. The number of hydrogen-bond acceptors (Lipinski definition) is 4. The van der Waals surface area contributed by atoms with Crippen LogP contribution in [-0.2, 0) is 0 Å². The molecule has 0 saturated heterocycles. The number of ether oxygens (including phenoxy) is 1. The van der Waals surface area contributed by atoms with Crippen LogP contribution in [0.2, 0.25) is 0 Å². The number of nitrogens with two attached hydrogens (primary N) is 1. The molecule has 0 saturated carbocycles. The second kappa shape index (κ2) is 4.00. The molecule has 1 heterocycles. The minimum absolute atomic E-state index is 0.267. The smallest absolute Gasteiger partial charge is 0.239 e. The molecule has 5 nitrogen and oxygen atoms in total. The molecule has 0 amide bonds. The van der Waals surface area contributed by atoms with Crippen molar-refractivity contribution in [2.75, 3.05) is 12.3 Å². The summed E-state index contributed by atoms with van der Waals surface area (Å²) < 4.78 is 6.95. The van der Waals surface area contributed by atoms with Gasteiger partial charge in [0.2, 0.25) is 5.95 Å². The first-order valence-corrected chi connectivity index (χ1v) is 4.70. The summed E-state index contributed by atoms with van der Waals surface area (Å²) in [5.74, 6) is 1.11. The van der Waals surface area contributed by atoms with E-state index in [0.717, 1.165) is 11.4 Å². The summed E-state index contributed by atoms with van der Waals surface area (Å²) in [5, 5.41) is 4.00. The van der Waals surface area contributed by atoms with Gasteiger partial charge >= 0.3 is 0 Å². The summed E-state index contributed by atoms with van der Waals surface area (Å²) in [4.78, 5) is 3.85. The number of hydrogen-bond donors (Lipinski definition) is 1. The Morgan fingerprint density at radius 2 is 2.07 bits per heavy atom. The standard InChI is InChI=1S/C10H12N4O/c1-2-15-9-5-3-8(4-6-9)14-7-12-10(11)13-14/h3-7H,2H2,1H3,(H2,11,13). The number of aromatic nitrogens is 3. The Labute approximate surface area is 87.5 Å². The van der Waals surface area contributed by atoms with Crippen LogP contribution in [0.1, 0.15) is 6.92 Å². The Balaban J connectivity index is 2.23. The van der Waals surface area contributed by atoms with Gasteiger partial charge in [0.15, 0.2) is 0 Å². The van der Waals surface area contributed by atoms with Crippen LogP contribution in [0.25, 0.3) is 5.69 Å². The van der Waals surface area contributed by atoms with E-state index in [4.69, 9.17) is 10.5 Å². The van der Waals surface area contributed by atoms with Gasteiger partial charge in [0.05, 0.1) is 12.3 Å². The Kier molecular flexibility index (Phi) is 2.53. The summed E-state index contributed by atoms with van der Waals surface area (Å²) in [6, 6.07) is 7.58. The molecule has 0 unspecified atom stereocenters. The summed E-state index contributed by atoms with van der Waals surface area (Å²) in [7, 11) is 0. The molecule has 2 rings (SSSR count). The van der Waals surface area contributed by atoms with Gasteiger partial charge < -0.3 is 10.5 Å². The number of nitrogen functional groups attached to an aromatic ring is 1. The van der Waals surface area contributed by atoms with Gasteiger partial charge in [-0.15, -0.1) is 5.10 Å². The van der Waals surface area contributed by atoms with Crippen LogP contribution in [-0.4, -0.2) is 21.4 Å². The van der Waals surface area contributed by atoms with Crippen molar-refractivity contribution < 1.29 is 4.74 Å². The topological polar surface area (TPSA) is 66.0 Å². The fourth-order valence-electron chi connectivity index (χ4n) is 1.26. The molecule has 0 bridgehead atoms. The van der Waals surface area contributed by atoms with Gasteiger partial charge in [0.25, 0.3) is 0 Å². The fourth-order valence-corrected chi connectivity index (χ4v) is 1.26. The molecule has 1 aromatic heterocycles. The van der Waals surface area contributed by atoms with E-state index in [1.807, 2.05) is 31.2 Å². The lowest BCUT2D eigenvalue weighted by molar-refractivity contribution is 0.340. The van der Waals surface area contributed by atoms with Gasteiger partial charge in [-0.25, -0.2) is 9.67 Å². The largest absolute Gasteiger partial charge is 0.494 e. The van der Waals surface area contributed by atoms with Gasteiger partial charge in [-0.2, -0.15) is 0 Å². The zero-order chi connectivity index (χ0) is 10.7. The highest BCUT2D eigenvalue weighted by Gasteiger charge is 1.99. The van der Waals surface area contributed by atoms with Gasteiger partial charge in [-0.3, -0.25) is 0 Å². The Morgan fingerprint density at radius 3 is 2.60 bits per heavy atom. The third-order valence-electron chi connectivity index (χ3n) is 1.92. The lowest BCUT2D eigenvalue weighted by Gasteiger charge is -2.04. The number of nitrogens with zero attached hydrogens (tertiary/aromatic N) is 3. The molecule has 0 spiro atoms. The van der Waals surface area contributed by atoms with E-state index in [1.165, 1.54) is 0 Å². The number of benzene rings is 1. The maximum absolute atomic E-state index is 5.43. The van der Waals surface area contributed by atoms with Crippen LogP contribution in [0.5, 0.6) is 5.75 Å². The molecule has 1 aromatic carbocycles. The van der Waals surface area contributed by atoms with Gasteiger partial charge in [-0.05, 0) is 31.2 Å². The van der Waals surface area contributed by atoms with E-state index in [1.54, 1.807) is 11.0 Å². The predicted molar refractivity (Wildman–Crippen MR) is 56.9 cm³/mol. The average Bonchev–Trinajstić information content (AvgIpc) is 2.67. The van der Waals surface area contributed by atoms with Crippen molar-refractivity contribution in [2.24, 2.45) is 0 Å². The lowest BCUT2D eigenvalue weighted by Crippen LogP contribution is -1.97. The molecule has 0 aliphatic heterocycles. The normalized spacial score (nSPS) is 10.2. The quantitative estimate of drug-likeness (QED) is 0.817. The maximum atomic E-state index is 5.43. The van der Waals surface area contributed by atoms with Gasteiger partial charge in [0.1, 0.15) is 12.1 Å². The highest BCUT2D eigenvalue weighted by molar-refractivity contribution is 5.37. The molecule has 78 valence electrons. The Bertz CT molecular complexity index is 435. The molecule has 2 N–H and O–H groups in total. The molecule has 15 heavy (non-hydrogen) atoms. The molecular weight excluding hydrogens is 192 g/mol. The van der Waals surface area contributed by atoms with Crippen LogP contribution >= 0.6 is 0 Å². The first-order valence-electron chi connectivity index (χ1n) is 4.70. The summed E-state index contributed by atoms with van der Waals surface area (Å²) in [6.07, 6.45) is 1.57. The minimum atomic E-state index is 0.267. The molecule has 0 radical (unpaired) electrons. The van der Waals surface area contributed by atoms with E-state index in [2.05, 4.69) is 10.1 Å². The van der Waals surface area contributed by atoms with Crippen molar-refractivity contribution in [1.82, 2.24) is 14.8 Å². The molecule has 0 aliphatic rings. The minimum Gasteiger partial charge on any atom is -0.494 e. The third-order valence-corrected chi connectivity index (χ3v) is 1.92. The van der Waals surface area contributed by atoms with Crippen LogP contribution in [0.4, 0.5) is 5.95 Å². The third kappa shape index (κ3) is 2.07. The van der Waals surface area contributed by atoms with Crippen molar-refractivity contribution >= 4 is 5.95 Å². The molecule has 0 aliphatic carbocycles. The van der Waals surface area contributed by atoms with Crippen LogP contribution in [0, 0.1) is 0 Å². The second-order valence-corrected chi connectivity index (χ2v) is 2.97. The van der Waals surface area contributed by atoms with E-state index in [0.29, 0.717) is 6.61 Å². The monoisotopic (exact) mass is 204 g/mol. The van der Waals surface area contributed by atoms with Gasteiger partial charge in [-0.1, -0.05) is 0 Å². The van der Waals surface area contributed by atoms with Crippen molar-refractivity contribution in [3.05, 3.63) is 30.6 Å². The average molecular weight is 204 g/mol. The van der Waals surface area contributed by atoms with Crippen LogP contribution < -0.4 is 10.5 Å². The Morgan fingerprint density at radius 1 is 1.33 bits per heavy atom. The molecule has 0 fully saturated rings. The summed E-state index contributed by atoms with van der Waals surface area (Å²) >= 11 is 0. The first kappa shape index (κ1) is 9.51. The molecular formula is C10H12N4O. The predicted octanol–water partition coefficient (Wildman–Crippen LogP) is 1.25. The van der Waals surface area contributed by atoms with E-state index >= 15 is 0 Å². The van der Waals surface area contributed by atoms with Crippen molar-refractivity contribution in [1.29, 1.82) is 0 Å². The van der Waals surface area contributed by atoms with Crippen molar-refractivity contribution in [3.8, 4) is 11.4 Å².